The Morgan fingerprint density at radius 3 is 2.34 bits per heavy atom. The second kappa shape index (κ2) is 10.2. The topological polar surface area (TPSA) is 80.8 Å². The average Bonchev–Trinajstić information content (AvgIpc) is 2.68. The summed E-state index contributed by atoms with van der Waals surface area (Å²) in [6, 6.07) is 8.78. The molecular weight excluding hydrogens is 444 g/mol. The zero-order valence-electron chi connectivity index (χ0n) is 15.4. The van der Waals surface area contributed by atoms with Crippen LogP contribution in [0.3, 0.4) is 0 Å². The SMILES string of the molecule is CN(CCCC(=O)OCC(=O)c1ccc(Cl)c(Cl)c1)S(=O)(=O)c1ccc(F)cc1. The molecule has 0 amide bonds. The van der Waals surface area contributed by atoms with Crippen LogP contribution in [-0.2, 0) is 19.6 Å². The van der Waals surface area contributed by atoms with Gasteiger partial charge in [0.2, 0.25) is 10.0 Å². The highest BCUT2D eigenvalue weighted by molar-refractivity contribution is 7.89. The fourth-order valence-electron chi connectivity index (χ4n) is 2.32. The van der Waals surface area contributed by atoms with Crippen LogP contribution in [-0.4, -0.2) is 44.7 Å². The van der Waals surface area contributed by atoms with E-state index in [9.17, 15) is 22.4 Å². The molecule has 0 aliphatic heterocycles. The molecule has 156 valence electrons. The maximum absolute atomic E-state index is 12.9. The van der Waals surface area contributed by atoms with Gasteiger partial charge in [-0.05, 0) is 48.9 Å². The molecule has 0 aliphatic rings. The smallest absolute Gasteiger partial charge is 0.306 e. The summed E-state index contributed by atoms with van der Waals surface area (Å²) in [7, 11) is -2.43. The van der Waals surface area contributed by atoms with E-state index < -0.39 is 34.2 Å². The van der Waals surface area contributed by atoms with Gasteiger partial charge in [0.1, 0.15) is 5.82 Å². The average molecular weight is 462 g/mol. The largest absolute Gasteiger partial charge is 0.457 e. The van der Waals surface area contributed by atoms with Gasteiger partial charge in [-0.25, -0.2) is 17.1 Å². The van der Waals surface area contributed by atoms with E-state index in [0.717, 1.165) is 16.4 Å². The predicted molar refractivity (Wildman–Crippen MR) is 107 cm³/mol. The van der Waals surface area contributed by atoms with E-state index in [4.69, 9.17) is 27.9 Å². The number of ether oxygens (including phenoxy) is 1. The first-order valence-electron chi connectivity index (χ1n) is 8.47. The van der Waals surface area contributed by atoms with Crippen molar-refractivity contribution in [2.75, 3.05) is 20.2 Å². The van der Waals surface area contributed by atoms with Crippen molar-refractivity contribution in [3.05, 3.63) is 63.9 Å². The number of hydrogen-bond acceptors (Lipinski definition) is 5. The van der Waals surface area contributed by atoms with E-state index in [1.807, 2.05) is 0 Å². The van der Waals surface area contributed by atoms with E-state index in [0.29, 0.717) is 5.02 Å². The van der Waals surface area contributed by atoms with Gasteiger partial charge >= 0.3 is 5.97 Å². The first-order valence-corrected chi connectivity index (χ1v) is 10.7. The summed E-state index contributed by atoms with van der Waals surface area (Å²) in [5.74, 6) is -1.61. The Kier molecular flexibility index (Phi) is 8.15. The van der Waals surface area contributed by atoms with Crippen molar-refractivity contribution in [3.63, 3.8) is 0 Å². The second-order valence-corrected chi connectivity index (χ2v) is 8.96. The minimum atomic E-state index is -3.79. The molecule has 0 atom stereocenters. The van der Waals surface area contributed by atoms with E-state index in [-0.39, 0.29) is 34.9 Å². The van der Waals surface area contributed by atoms with Crippen molar-refractivity contribution in [3.8, 4) is 0 Å². The van der Waals surface area contributed by atoms with Crippen molar-refractivity contribution in [1.29, 1.82) is 0 Å². The summed E-state index contributed by atoms with van der Waals surface area (Å²) < 4.78 is 43.7. The number of Topliss-reactive ketones (excluding diaryl/α,β-unsaturated/α-hetero) is 1. The van der Waals surface area contributed by atoms with E-state index in [1.54, 1.807) is 0 Å². The maximum atomic E-state index is 12.9. The number of ketones is 1. The van der Waals surface area contributed by atoms with Crippen LogP contribution >= 0.6 is 23.2 Å². The molecule has 0 fully saturated rings. The van der Waals surface area contributed by atoms with E-state index >= 15 is 0 Å². The van der Waals surface area contributed by atoms with Gasteiger partial charge < -0.3 is 4.74 Å². The monoisotopic (exact) mass is 461 g/mol. The zero-order valence-corrected chi connectivity index (χ0v) is 17.7. The number of carbonyl (C=O) groups is 2. The number of esters is 1. The third-order valence-corrected chi connectivity index (χ3v) is 6.59. The van der Waals surface area contributed by atoms with Crippen LogP contribution in [0.4, 0.5) is 4.39 Å². The lowest BCUT2D eigenvalue weighted by atomic mass is 10.1. The zero-order chi connectivity index (χ0) is 21.6. The number of rotatable bonds is 9. The lowest BCUT2D eigenvalue weighted by Gasteiger charge is -2.16. The molecule has 0 saturated heterocycles. The fraction of sp³-hybridized carbons (Fsp3) is 0.263. The summed E-state index contributed by atoms with van der Waals surface area (Å²) in [5, 5.41) is 0.522. The predicted octanol–water partition coefficient (Wildman–Crippen LogP) is 3.96. The Labute approximate surface area is 178 Å². The number of benzene rings is 2. The van der Waals surface area contributed by atoms with Gasteiger partial charge in [0, 0.05) is 25.6 Å². The van der Waals surface area contributed by atoms with Crippen LogP contribution in [0.25, 0.3) is 0 Å². The molecule has 0 heterocycles. The summed E-state index contributed by atoms with van der Waals surface area (Å²) in [5.41, 5.74) is 0.261. The molecule has 10 heteroatoms. The fourth-order valence-corrected chi connectivity index (χ4v) is 3.83. The molecule has 0 radical (unpaired) electrons. The summed E-state index contributed by atoms with van der Waals surface area (Å²) in [4.78, 5) is 23.8. The summed E-state index contributed by atoms with van der Waals surface area (Å²) in [6.45, 7) is -0.407. The maximum Gasteiger partial charge on any atom is 0.306 e. The van der Waals surface area contributed by atoms with E-state index in [1.165, 1.54) is 37.4 Å². The van der Waals surface area contributed by atoms with Crippen molar-refractivity contribution >= 4 is 45.0 Å². The van der Waals surface area contributed by atoms with Crippen molar-refractivity contribution in [2.45, 2.75) is 17.7 Å². The number of nitrogens with zero attached hydrogens (tertiary/aromatic N) is 1. The van der Waals surface area contributed by atoms with Gasteiger partial charge in [-0.2, -0.15) is 0 Å². The Hall–Kier alpha value is -2.00. The van der Waals surface area contributed by atoms with Gasteiger partial charge in [0.25, 0.3) is 0 Å². The van der Waals surface area contributed by atoms with Gasteiger partial charge in [-0.1, -0.05) is 23.2 Å². The molecule has 0 bridgehead atoms. The Morgan fingerprint density at radius 1 is 1.07 bits per heavy atom. The van der Waals surface area contributed by atoms with Crippen LogP contribution in [0.5, 0.6) is 0 Å². The molecule has 2 aromatic rings. The van der Waals surface area contributed by atoms with Crippen LogP contribution in [0.2, 0.25) is 10.0 Å². The van der Waals surface area contributed by atoms with Crippen molar-refractivity contribution < 1.29 is 27.1 Å². The normalized spacial score (nSPS) is 11.5. The number of sulfonamides is 1. The molecule has 0 N–H and O–H groups in total. The van der Waals surface area contributed by atoms with Crippen molar-refractivity contribution in [2.24, 2.45) is 0 Å². The Balaban J connectivity index is 1.79. The molecule has 0 saturated carbocycles. The Bertz CT molecular complexity index is 996. The number of carbonyl (C=O) groups excluding carboxylic acids is 2. The Morgan fingerprint density at radius 2 is 1.72 bits per heavy atom. The third kappa shape index (κ3) is 6.50. The first kappa shape index (κ1) is 23.3. The van der Waals surface area contributed by atoms with Gasteiger partial charge in [-0.3, -0.25) is 9.59 Å². The molecule has 0 spiro atoms. The lowest BCUT2D eigenvalue weighted by Crippen LogP contribution is -2.28. The quantitative estimate of drug-likeness (QED) is 0.416. The molecule has 2 aromatic carbocycles. The van der Waals surface area contributed by atoms with Crippen molar-refractivity contribution in [1.82, 2.24) is 4.31 Å². The molecule has 0 unspecified atom stereocenters. The molecule has 0 aromatic heterocycles. The minimum absolute atomic E-state index is 0.0452. The molecule has 6 nitrogen and oxygen atoms in total. The minimum Gasteiger partial charge on any atom is -0.457 e. The molecule has 29 heavy (non-hydrogen) atoms. The standard InChI is InChI=1S/C19H18Cl2FNO5S/c1-23(29(26,27)15-7-5-14(22)6-8-15)10-2-3-19(25)28-12-18(24)13-4-9-16(20)17(21)11-13/h4-9,11H,2-3,10,12H2,1H3. The highest BCUT2D eigenvalue weighted by atomic mass is 35.5. The third-order valence-electron chi connectivity index (χ3n) is 3.98. The molecular formula is C19H18Cl2FNO5S. The lowest BCUT2D eigenvalue weighted by molar-refractivity contribution is -0.142. The summed E-state index contributed by atoms with van der Waals surface area (Å²) >= 11 is 11.6. The van der Waals surface area contributed by atoms with Crippen LogP contribution in [0.15, 0.2) is 47.4 Å². The summed E-state index contributed by atoms with van der Waals surface area (Å²) in [6.07, 6.45) is 0.120. The first-order chi connectivity index (χ1) is 13.6. The van der Waals surface area contributed by atoms with Crippen LogP contribution < -0.4 is 0 Å². The van der Waals surface area contributed by atoms with Crippen LogP contribution in [0.1, 0.15) is 23.2 Å². The van der Waals surface area contributed by atoms with E-state index in [2.05, 4.69) is 0 Å². The second-order valence-electron chi connectivity index (χ2n) is 6.10. The van der Waals surface area contributed by atoms with Gasteiger partial charge in [-0.15, -0.1) is 0 Å². The van der Waals surface area contributed by atoms with Gasteiger partial charge in [0.15, 0.2) is 12.4 Å². The van der Waals surface area contributed by atoms with Gasteiger partial charge in [0.05, 0.1) is 14.9 Å². The highest BCUT2D eigenvalue weighted by Gasteiger charge is 2.21. The number of halogens is 3. The molecule has 2 rings (SSSR count). The number of hydrogen-bond donors (Lipinski definition) is 0. The molecule has 0 aliphatic carbocycles. The van der Waals surface area contributed by atoms with Crippen LogP contribution in [0, 0.1) is 5.82 Å². The highest BCUT2D eigenvalue weighted by Crippen LogP contribution is 2.22.